The van der Waals surface area contributed by atoms with Gasteiger partial charge in [-0.25, -0.2) is 0 Å². The molecule has 1 aliphatic heterocycles. The van der Waals surface area contributed by atoms with Crippen LogP contribution in [-0.4, -0.2) is 11.9 Å². The maximum atomic E-state index is 10.9. The number of allylic oxidation sites excluding steroid dienone is 1. The van der Waals surface area contributed by atoms with Crippen molar-refractivity contribution >= 4 is 5.78 Å². The molecule has 0 N–H and O–H groups in total. The molecule has 0 aromatic rings. The standard InChI is InChI=1S/C9H14O2/c1-3-7(2)9-6-8(10)4-5-11-9/h4-5,7,9H,3,6H2,1-2H3. The largest absolute Gasteiger partial charge is 0.497 e. The van der Waals surface area contributed by atoms with Gasteiger partial charge in [0.1, 0.15) is 6.10 Å². The maximum absolute atomic E-state index is 10.9. The summed E-state index contributed by atoms with van der Waals surface area (Å²) in [4.78, 5) is 10.9. The summed E-state index contributed by atoms with van der Waals surface area (Å²) in [6.07, 6.45) is 4.73. The van der Waals surface area contributed by atoms with Crippen molar-refractivity contribution in [2.45, 2.75) is 32.8 Å². The van der Waals surface area contributed by atoms with E-state index in [1.807, 2.05) is 0 Å². The van der Waals surface area contributed by atoms with Crippen molar-refractivity contribution in [2.24, 2.45) is 5.92 Å². The van der Waals surface area contributed by atoms with Gasteiger partial charge >= 0.3 is 0 Å². The lowest BCUT2D eigenvalue weighted by atomic mass is 9.96. The fourth-order valence-electron chi connectivity index (χ4n) is 1.13. The van der Waals surface area contributed by atoms with Gasteiger partial charge in [-0.2, -0.15) is 0 Å². The lowest BCUT2D eigenvalue weighted by Crippen LogP contribution is -2.25. The first-order valence-electron chi connectivity index (χ1n) is 4.09. The van der Waals surface area contributed by atoms with Crippen molar-refractivity contribution in [3.63, 3.8) is 0 Å². The highest BCUT2D eigenvalue weighted by atomic mass is 16.5. The molecule has 1 rings (SSSR count). The Kier molecular flexibility index (Phi) is 2.69. The van der Waals surface area contributed by atoms with Crippen LogP contribution in [0.1, 0.15) is 26.7 Å². The highest BCUT2D eigenvalue weighted by molar-refractivity contribution is 5.90. The Labute approximate surface area is 67.2 Å². The molecule has 0 aromatic heterocycles. The smallest absolute Gasteiger partial charge is 0.162 e. The maximum Gasteiger partial charge on any atom is 0.162 e. The van der Waals surface area contributed by atoms with Gasteiger partial charge in [-0.15, -0.1) is 0 Å². The lowest BCUT2D eigenvalue weighted by Gasteiger charge is -2.23. The highest BCUT2D eigenvalue weighted by Gasteiger charge is 2.21. The van der Waals surface area contributed by atoms with Crippen molar-refractivity contribution in [2.75, 3.05) is 0 Å². The minimum absolute atomic E-state index is 0.109. The van der Waals surface area contributed by atoms with Crippen LogP contribution >= 0.6 is 0 Å². The molecule has 0 saturated heterocycles. The van der Waals surface area contributed by atoms with Crippen LogP contribution in [0, 0.1) is 5.92 Å². The minimum Gasteiger partial charge on any atom is -0.497 e. The van der Waals surface area contributed by atoms with E-state index in [1.165, 1.54) is 12.3 Å². The summed E-state index contributed by atoms with van der Waals surface area (Å²) in [6, 6.07) is 0. The van der Waals surface area contributed by atoms with Crippen molar-refractivity contribution in [3.05, 3.63) is 12.3 Å². The first-order chi connectivity index (χ1) is 5.24. The van der Waals surface area contributed by atoms with E-state index in [4.69, 9.17) is 4.74 Å². The molecule has 0 aromatic carbocycles. The topological polar surface area (TPSA) is 26.3 Å². The fraction of sp³-hybridized carbons (Fsp3) is 0.667. The van der Waals surface area contributed by atoms with E-state index in [2.05, 4.69) is 13.8 Å². The molecule has 11 heavy (non-hydrogen) atoms. The van der Waals surface area contributed by atoms with Crippen LogP contribution in [0.2, 0.25) is 0 Å². The molecule has 2 heteroatoms. The predicted molar refractivity (Wildman–Crippen MR) is 43.1 cm³/mol. The summed E-state index contributed by atoms with van der Waals surface area (Å²) in [5, 5.41) is 0. The summed E-state index contributed by atoms with van der Waals surface area (Å²) < 4.78 is 5.30. The number of hydrogen-bond acceptors (Lipinski definition) is 2. The van der Waals surface area contributed by atoms with Crippen LogP contribution in [0.3, 0.4) is 0 Å². The van der Waals surface area contributed by atoms with Crippen molar-refractivity contribution in [3.8, 4) is 0 Å². The number of hydrogen-bond donors (Lipinski definition) is 0. The average Bonchev–Trinajstić information content (AvgIpc) is 2.03. The van der Waals surface area contributed by atoms with Crippen molar-refractivity contribution in [1.29, 1.82) is 0 Å². The second-order valence-electron chi connectivity index (χ2n) is 3.03. The zero-order valence-electron chi connectivity index (χ0n) is 7.04. The molecule has 2 atom stereocenters. The second kappa shape index (κ2) is 3.56. The van der Waals surface area contributed by atoms with Crippen LogP contribution in [0.5, 0.6) is 0 Å². The van der Waals surface area contributed by atoms with E-state index in [-0.39, 0.29) is 11.9 Å². The molecule has 1 aliphatic rings. The van der Waals surface area contributed by atoms with Gasteiger partial charge in [0, 0.05) is 12.5 Å². The van der Waals surface area contributed by atoms with Crippen LogP contribution < -0.4 is 0 Å². The Morgan fingerprint density at radius 1 is 1.82 bits per heavy atom. The Morgan fingerprint density at radius 3 is 3.09 bits per heavy atom. The summed E-state index contributed by atoms with van der Waals surface area (Å²) in [5.74, 6) is 0.658. The second-order valence-corrected chi connectivity index (χ2v) is 3.03. The van der Waals surface area contributed by atoms with Gasteiger partial charge in [0.2, 0.25) is 0 Å². The van der Waals surface area contributed by atoms with E-state index in [0.29, 0.717) is 12.3 Å². The molecule has 2 nitrogen and oxygen atoms in total. The van der Waals surface area contributed by atoms with Gasteiger partial charge in [0.05, 0.1) is 6.26 Å². The molecular formula is C9H14O2. The molecule has 0 amide bonds. The zero-order valence-corrected chi connectivity index (χ0v) is 7.04. The SMILES string of the molecule is CCC(C)C1CC(=O)C=CO1. The van der Waals surface area contributed by atoms with Crippen LogP contribution in [-0.2, 0) is 9.53 Å². The third-order valence-electron chi connectivity index (χ3n) is 2.19. The zero-order chi connectivity index (χ0) is 8.27. The third kappa shape index (κ3) is 2.07. The Morgan fingerprint density at radius 2 is 2.55 bits per heavy atom. The minimum atomic E-state index is 0.109. The van der Waals surface area contributed by atoms with Crippen LogP contribution in [0.4, 0.5) is 0 Å². The van der Waals surface area contributed by atoms with Gasteiger partial charge in [-0.1, -0.05) is 20.3 Å². The normalized spacial score (nSPS) is 26.4. The number of rotatable bonds is 2. The molecule has 2 unspecified atom stereocenters. The first kappa shape index (κ1) is 8.31. The highest BCUT2D eigenvalue weighted by Crippen LogP contribution is 2.18. The summed E-state index contributed by atoms with van der Waals surface area (Å²) in [7, 11) is 0. The molecule has 62 valence electrons. The molecule has 0 fully saturated rings. The van der Waals surface area contributed by atoms with Gasteiger partial charge in [0.25, 0.3) is 0 Å². The number of carbonyl (C=O) groups is 1. The predicted octanol–water partition coefficient (Wildman–Crippen LogP) is 1.90. The third-order valence-corrected chi connectivity index (χ3v) is 2.19. The Bertz CT molecular complexity index is 172. The number of ketones is 1. The van der Waals surface area contributed by atoms with E-state index in [9.17, 15) is 4.79 Å². The molecule has 0 radical (unpaired) electrons. The number of ether oxygens (including phenoxy) is 1. The molecule has 0 aliphatic carbocycles. The van der Waals surface area contributed by atoms with Crippen molar-refractivity contribution < 1.29 is 9.53 Å². The Hall–Kier alpha value is -0.790. The van der Waals surface area contributed by atoms with E-state index < -0.39 is 0 Å². The molecule has 0 spiro atoms. The molecule has 1 heterocycles. The average molecular weight is 154 g/mol. The van der Waals surface area contributed by atoms with E-state index in [0.717, 1.165) is 6.42 Å². The van der Waals surface area contributed by atoms with Gasteiger partial charge in [-0.05, 0) is 5.92 Å². The fourth-order valence-corrected chi connectivity index (χ4v) is 1.13. The molecule has 0 bridgehead atoms. The lowest BCUT2D eigenvalue weighted by molar-refractivity contribution is -0.118. The van der Waals surface area contributed by atoms with Crippen LogP contribution in [0.15, 0.2) is 12.3 Å². The molecule has 0 saturated carbocycles. The number of carbonyl (C=O) groups excluding carboxylic acids is 1. The molecular weight excluding hydrogens is 140 g/mol. The van der Waals surface area contributed by atoms with Gasteiger partial charge in [0.15, 0.2) is 5.78 Å². The van der Waals surface area contributed by atoms with Crippen molar-refractivity contribution in [1.82, 2.24) is 0 Å². The first-order valence-corrected chi connectivity index (χ1v) is 4.09. The summed E-state index contributed by atoms with van der Waals surface area (Å²) in [5.41, 5.74) is 0. The quantitative estimate of drug-likeness (QED) is 0.607. The van der Waals surface area contributed by atoms with Gasteiger partial charge in [-0.3, -0.25) is 4.79 Å². The summed E-state index contributed by atoms with van der Waals surface area (Å²) >= 11 is 0. The van der Waals surface area contributed by atoms with Gasteiger partial charge < -0.3 is 4.74 Å². The monoisotopic (exact) mass is 154 g/mol. The van der Waals surface area contributed by atoms with Crippen LogP contribution in [0.25, 0.3) is 0 Å². The summed E-state index contributed by atoms with van der Waals surface area (Å²) in [6.45, 7) is 4.22. The Balaban J connectivity index is 2.49. The van der Waals surface area contributed by atoms with E-state index in [1.54, 1.807) is 0 Å². The van der Waals surface area contributed by atoms with E-state index >= 15 is 0 Å².